The van der Waals surface area contributed by atoms with E-state index in [-0.39, 0.29) is 36.9 Å². The van der Waals surface area contributed by atoms with Crippen LogP contribution in [-0.4, -0.2) is 36.9 Å². The maximum absolute atomic E-state index is 2.46. The fraction of sp³-hybridized carbons (Fsp3) is 1.00. The summed E-state index contributed by atoms with van der Waals surface area (Å²) < 4.78 is 2.00. The molecular formula is C10H22Bi2. The van der Waals surface area contributed by atoms with E-state index >= 15 is 0 Å². The van der Waals surface area contributed by atoms with Gasteiger partial charge >= 0.3 is 96.5 Å². The van der Waals surface area contributed by atoms with E-state index < -0.39 is 0 Å². The first-order chi connectivity index (χ1) is 5.70. The van der Waals surface area contributed by atoms with Gasteiger partial charge in [0.25, 0.3) is 0 Å². The molecule has 0 amide bonds. The molecule has 0 radical (unpaired) electrons. The van der Waals surface area contributed by atoms with Gasteiger partial charge in [-0.25, -0.2) is 0 Å². The van der Waals surface area contributed by atoms with Crippen molar-refractivity contribution in [3.05, 3.63) is 0 Å². The van der Waals surface area contributed by atoms with Crippen molar-refractivity contribution in [3.8, 4) is 0 Å². The van der Waals surface area contributed by atoms with Crippen LogP contribution < -0.4 is 0 Å². The molecule has 72 valence electrons. The summed E-state index contributed by atoms with van der Waals surface area (Å²) in [5, 5.41) is 0. The summed E-state index contributed by atoms with van der Waals surface area (Å²) in [4.78, 5) is 0. The molecule has 1 aliphatic heterocycles. The Balaban J connectivity index is 2.77. The Morgan fingerprint density at radius 1 is 0.667 bits per heavy atom. The van der Waals surface area contributed by atoms with Crippen LogP contribution in [0, 0.1) is 0 Å². The molecule has 0 aliphatic carbocycles. The first-order valence-corrected chi connectivity index (χ1v) is 28.1. The molecule has 0 saturated carbocycles. The number of rotatable bonds is 4. The van der Waals surface area contributed by atoms with Crippen LogP contribution in [0.1, 0.15) is 53.4 Å². The van der Waals surface area contributed by atoms with Gasteiger partial charge in [0.15, 0.2) is 0 Å². The van der Waals surface area contributed by atoms with E-state index in [2.05, 4.69) is 27.7 Å². The van der Waals surface area contributed by atoms with Gasteiger partial charge in [0.2, 0.25) is 0 Å². The van der Waals surface area contributed by atoms with E-state index in [0.29, 0.717) is 0 Å². The Labute approximate surface area is 95.4 Å². The van der Waals surface area contributed by atoms with Crippen molar-refractivity contribution in [2.24, 2.45) is 0 Å². The van der Waals surface area contributed by atoms with Gasteiger partial charge in [0.05, 0.1) is 0 Å². The van der Waals surface area contributed by atoms with Gasteiger partial charge in [-0.1, -0.05) is 0 Å². The van der Waals surface area contributed by atoms with Crippen LogP contribution in [0.25, 0.3) is 0 Å². The van der Waals surface area contributed by atoms with Crippen molar-refractivity contribution >= 4 is 36.9 Å². The Hall–Kier alpha value is 1.77. The minimum absolute atomic E-state index is 0.000370. The average Bonchev–Trinajstić information content (AvgIpc) is 2.08. The van der Waals surface area contributed by atoms with E-state index in [1.54, 1.807) is 0 Å². The Morgan fingerprint density at radius 2 is 0.917 bits per heavy atom. The maximum atomic E-state index is 2.46. The quantitative estimate of drug-likeness (QED) is 0.465. The topological polar surface area (TPSA) is 0 Å². The van der Waals surface area contributed by atoms with E-state index in [0.717, 1.165) is 6.25 Å². The number of hydrogen-bond acceptors (Lipinski definition) is 0. The van der Waals surface area contributed by atoms with Crippen LogP contribution in [-0.2, 0) is 0 Å². The fourth-order valence-corrected chi connectivity index (χ4v) is 63.9. The van der Waals surface area contributed by atoms with Crippen molar-refractivity contribution in [2.45, 2.75) is 59.6 Å². The Morgan fingerprint density at radius 3 is 1.00 bits per heavy atom. The van der Waals surface area contributed by atoms with E-state index in [1.807, 2.05) is 0 Å². The fourth-order valence-electron chi connectivity index (χ4n) is 2.62. The zero-order valence-electron chi connectivity index (χ0n) is 8.83. The standard InChI is InChI=1S/C10H20.2Bi.2H/c1-5-9(6-2)10(7-3)8-4;;;;/h5-8H2,1-4H3;;;;. The monoisotopic (exact) mass is 560 g/mol. The predicted molar refractivity (Wildman–Crippen MR) is 60.8 cm³/mol. The van der Waals surface area contributed by atoms with Crippen molar-refractivity contribution < 1.29 is 0 Å². The molecule has 0 unspecified atom stereocenters. The third kappa shape index (κ3) is 1.54. The molecule has 0 atom stereocenters. The summed E-state index contributed by atoms with van der Waals surface area (Å²) in [6, 6.07) is 0. The molecule has 2 heteroatoms. The van der Waals surface area contributed by atoms with Crippen molar-refractivity contribution in [3.63, 3.8) is 0 Å². The molecule has 1 fully saturated rings. The molecule has 12 heavy (non-hydrogen) atoms. The van der Waals surface area contributed by atoms with Crippen LogP contribution in [0.2, 0.25) is 6.25 Å². The van der Waals surface area contributed by atoms with Crippen molar-refractivity contribution in [2.75, 3.05) is 0 Å². The average molecular weight is 560 g/mol. The van der Waals surface area contributed by atoms with Gasteiger partial charge in [0.1, 0.15) is 0 Å². The van der Waals surface area contributed by atoms with Crippen LogP contribution in [0.15, 0.2) is 0 Å². The molecule has 1 aliphatic rings. The minimum atomic E-state index is -0.000370. The first kappa shape index (κ1) is 11.8. The second-order valence-corrected chi connectivity index (χ2v) is 30.3. The summed E-state index contributed by atoms with van der Waals surface area (Å²) in [5.41, 5.74) is 0. The number of hydrogen-bond donors (Lipinski definition) is 0. The summed E-state index contributed by atoms with van der Waals surface area (Å²) in [5.74, 6) is 0. The molecule has 1 rings (SSSR count). The Bertz CT molecular complexity index is 117. The van der Waals surface area contributed by atoms with Gasteiger partial charge < -0.3 is 0 Å². The summed E-state index contributed by atoms with van der Waals surface area (Å²) in [7, 11) is 0. The zero-order chi connectivity index (χ0) is 9.24. The molecular weight excluding hydrogens is 538 g/mol. The normalized spacial score (nSPS) is 25.0. The van der Waals surface area contributed by atoms with Crippen molar-refractivity contribution in [1.29, 1.82) is 0 Å². The predicted octanol–water partition coefficient (Wildman–Crippen LogP) is 2.75. The van der Waals surface area contributed by atoms with Gasteiger partial charge in [-0.3, -0.25) is 0 Å². The van der Waals surface area contributed by atoms with Crippen LogP contribution in [0.5, 0.6) is 0 Å². The van der Waals surface area contributed by atoms with Crippen LogP contribution in [0.3, 0.4) is 0 Å². The molecule has 0 aromatic carbocycles. The van der Waals surface area contributed by atoms with Crippen LogP contribution in [0.4, 0.5) is 0 Å². The molecule has 0 N–H and O–H groups in total. The third-order valence-corrected chi connectivity index (χ3v) is 58.0. The van der Waals surface area contributed by atoms with E-state index in [9.17, 15) is 0 Å². The Kier molecular flexibility index (Phi) is 4.46. The molecule has 1 heterocycles. The van der Waals surface area contributed by atoms with Crippen molar-refractivity contribution in [1.82, 2.24) is 0 Å². The second-order valence-electron chi connectivity index (χ2n) is 3.83. The summed E-state index contributed by atoms with van der Waals surface area (Å²) in [6.45, 7) is 9.83. The third-order valence-electron chi connectivity index (χ3n) is 3.87. The molecule has 0 spiro atoms. The van der Waals surface area contributed by atoms with E-state index in [1.165, 1.54) is 25.7 Å². The first-order valence-electron chi connectivity index (χ1n) is 5.24. The van der Waals surface area contributed by atoms with E-state index in [4.69, 9.17) is 0 Å². The second kappa shape index (κ2) is 4.52. The summed E-state index contributed by atoms with van der Waals surface area (Å²) in [6.07, 6.45) is 6.12. The molecule has 0 nitrogen and oxygen atoms in total. The van der Waals surface area contributed by atoms with Gasteiger partial charge in [0, 0.05) is 0 Å². The molecule has 0 bridgehead atoms. The SMILES string of the molecule is CC[C]1(CC)[BiH][BiH][C]1(CC)CC. The molecule has 0 aromatic rings. The summed E-state index contributed by atoms with van der Waals surface area (Å²) >= 11 is -0.000741. The van der Waals surface area contributed by atoms with Gasteiger partial charge in [-0.2, -0.15) is 0 Å². The zero-order valence-corrected chi connectivity index (χ0v) is 16.6. The van der Waals surface area contributed by atoms with Gasteiger partial charge in [-0.05, 0) is 0 Å². The molecule has 1 saturated heterocycles. The van der Waals surface area contributed by atoms with Gasteiger partial charge in [-0.15, -0.1) is 0 Å². The van der Waals surface area contributed by atoms with Crippen LogP contribution >= 0.6 is 0 Å². The molecule has 0 aromatic heterocycles.